The molecule has 2 N–H and O–H groups in total. The van der Waals surface area contributed by atoms with Gasteiger partial charge in [0.1, 0.15) is 17.5 Å². The summed E-state index contributed by atoms with van der Waals surface area (Å²) in [4.78, 5) is 19.0. The van der Waals surface area contributed by atoms with E-state index in [1.54, 1.807) is 31.6 Å². The fourth-order valence-corrected chi connectivity index (χ4v) is 5.09. The van der Waals surface area contributed by atoms with Crippen LogP contribution >= 0.6 is 11.3 Å². The molecule has 1 saturated heterocycles. The molecular weight excluding hydrogens is 386 g/mol. The highest BCUT2D eigenvalue weighted by molar-refractivity contribution is 7.18. The van der Waals surface area contributed by atoms with Gasteiger partial charge in [0.15, 0.2) is 11.6 Å². The minimum Gasteiger partial charge on any atom is -0.497 e. The van der Waals surface area contributed by atoms with Crippen molar-refractivity contribution in [2.75, 3.05) is 32.6 Å². The number of thiazole rings is 1. The van der Waals surface area contributed by atoms with Crippen molar-refractivity contribution in [3.8, 4) is 11.5 Å². The van der Waals surface area contributed by atoms with E-state index in [1.807, 2.05) is 24.3 Å². The zero-order valence-electron chi connectivity index (χ0n) is 16.7. The number of ether oxygens (including phenoxy) is 2. The minimum atomic E-state index is -0.0172. The average Bonchev–Trinajstić information content (AvgIpc) is 3.18. The molecule has 1 aliphatic rings. The Morgan fingerprint density at radius 2 is 2.07 bits per heavy atom. The number of likely N-dealkylation sites (tertiary alicyclic amines) is 1. The molecule has 0 saturated carbocycles. The fourth-order valence-electron chi connectivity index (χ4n) is 3.93. The van der Waals surface area contributed by atoms with Gasteiger partial charge >= 0.3 is 0 Å². The van der Waals surface area contributed by atoms with Crippen LogP contribution in [0.25, 0.3) is 10.2 Å². The van der Waals surface area contributed by atoms with Crippen LogP contribution in [0.4, 0.5) is 5.69 Å². The van der Waals surface area contributed by atoms with E-state index in [1.165, 1.54) is 16.0 Å². The number of nitrogens with zero attached hydrogens (tertiary/aromatic N) is 1. The Hall–Kier alpha value is -2.64. The predicted molar refractivity (Wildman–Crippen MR) is 115 cm³/mol. The van der Waals surface area contributed by atoms with Crippen LogP contribution in [-0.2, 0) is 4.79 Å². The third kappa shape index (κ3) is 4.36. The number of hydrogen-bond acceptors (Lipinski definition) is 5. The Balaban J connectivity index is 1.48. The van der Waals surface area contributed by atoms with Gasteiger partial charge in [-0.1, -0.05) is 12.1 Å². The summed E-state index contributed by atoms with van der Waals surface area (Å²) in [6, 6.07) is 13.9. The van der Waals surface area contributed by atoms with Crippen LogP contribution in [0.5, 0.6) is 11.5 Å². The summed E-state index contributed by atoms with van der Waals surface area (Å²) < 4.78 is 11.8. The number of rotatable bonds is 6. The van der Waals surface area contributed by atoms with E-state index in [4.69, 9.17) is 14.5 Å². The minimum absolute atomic E-state index is 0.0172. The van der Waals surface area contributed by atoms with Crippen LogP contribution in [-0.4, -0.2) is 38.2 Å². The van der Waals surface area contributed by atoms with E-state index in [0.717, 1.165) is 29.9 Å². The number of methoxy groups -OCH3 is 2. The summed E-state index contributed by atoms with van der Waals surface area (Å²) in [6.07, 6.45) is 3.38. The number of amides is 1. The molecule has 29 heavy (non-hydrogen) atoms. The van der Waals surface area contributed by atoms with E-state index < -0.39 is 0 Å². The maximum atomic E-state index is 12.8. The largest absolute Gasteiger partial charge is 0.497 e. The number of quaternary nitrogens is 1. The van der Waals surface area contributed by atoms with Gasteiger partial charge in [0.05, 0.1) is 36.7 Å². The summed E-state index contributed by atoms with van der Waals surface area (Å²) in [7, 11) is 3.19. The Morgan fingerprint density at radius 1 is 1.21 bits per heavy atom. The predicted octanol–water partition coefficient (Wildman–Crippen LogP) is 3.06. The van der Waals surface area contributed by atoms with E-state index in [2.05, 4.69) is 17.4 Å². The normalized spacial score (nSPS) is 19.1. The molecule has 1 unspecified atom stereocenters. The molecule has 0 spiro atoms. The van der Waals surface area contributed by atoms with Crippen molar-refractivity contribution in [2.24, 2.45) is 0 Å². The van der Waals surface area contributed by atoms with Crippen molar-refractivity contribution < 1.29 is 19.2 Å². The number of carbonyl (C=O) groups excluding carboxylic acids is 1. The summed E-state index contributed by atoms with van der Waals surface area (Å²) in [6.45, 7) is 1.39. The summed E-state index contributed by atoms with van der Waals surface area (Å²) >= 11 is 1.75. The van der Waals surface area contributed by atoms with Crippen molar-refractivity contribution >= 4 is 33.1 Å². The summed E-state index contributed by atoms with van der Waals surface area (Å²) in [5.74, 6) is 1.27. The molecule has 2 aromatic carbocycles. The SMILES string of the molecule is COc1ccc(NC(=O)C[NH+]2CCCC[C@H]2c2nc3ccccc3s2)c(OC)c1. The number of carbonyl (C=O) groups is 1. The third-order valence-electron chi connectivity index (χ3n) is 5.41. The first kappa shape index (κ1) is 19.7. The molecule has 6 nitrogen and oxygen atoms in total. The number of aromatic nitrogens is 1. The molecule has 7 heteroatoms. The Morgan fingerprint density at radius 3 is 2.86 bits per heavy atom. The lowest BCUT2D eigenvalue weighted by molar-refractivity contribution is -0.929. The lowest BCUT2D eigenvalue weighted by Crippen LogP contribution is -3.14. The van der Waals surface area contributed by atoms with Gasteiger partial charge in [0.25, 0.3) is 5.91 Å². The van der Waals surface area contributed by atoms with E-state index in [9.17, 15) is 4.79 Å². The lowest BCUT2D eigenvalue weighted by atomic mass is 10.0. The zero-order valence-corrected chi connectivity index (χ0v) is 17.6. The molecule has 1 aromatic heterocycles. The second-order valence-electron chi connectivity index (χ2n) is 7.27. The van der Waals surface area contributed by atoms with E-state index in [-0.39, 0.29) is 11.9 Å². The van der Waals surface area contributed by atoms with Gasteiger partial charge in [0, 0.05) is 12.5 Å². The molecule has 1 amide bonds. The van der Waals surface area contributed by atoms with Crippen molar-refractivity contribution in [1.29, 1.82) is 0 Å². The zero-order chi connectivity index (χ0) is 20.2. The van der Waals surface area contributed by atoms with Gasteiger partial charge in [-0.2, -0.15) is 0 Å². The first-order chi connectivity index (χ1) is 14.2. The second-order valence-corrected chi connectivity index (χ2v) is 8.33. The first-order valence-corrected chi connectivity index (χ1v) is 10.7. The molecular formula is C22H26N3O3S+. The Bertz CT molecular complexity index is 971. The molecule has 0 bridgehead atoms. The maximum Gasteiger partial charge on any atom is 0.279 e. The lowest BCUT2D eigenvalue weighted by Gasteiger charge is -2.30. The molecule has 2 atom stereocenters. The van der Waals surface area contributed by atoms with Gasteiger partial charge in [-0.25, -0.2) is 4.98 Å². The monoisotopic (exact) mass is 412 g/mol. The molecule has 1 aliphatic heterocycles. The molecule has 1 fully saturated rings. The van der Waals surface area contributed by atoms with Crippen LogP contribution in [0.2, 0.25) is 0 Å². The Labute approximate surface area is 174 Å². The van der Waals surface area contributed by atoms with E-state index in [0.29, 0.717) is 23.7 Å². The van der Waals surface area contributed by atoms with Crippen LogP contribution in [0.15, 0.2) is 42.5 Å². The number of nitrogens with one attached hydrogen (secondary N) is 2. The van der Waals surface area contributed by atoms with Crippen LogP contribution < -0.4 is 19.7 Å². The second kappa shape index (κ2) is 8.80. The number of piperidine rings is 1. The van der Waals surface area contributed by atoms with Gasteiger partial charge < -0.3 is 19.7 Å². The van der Waals surface area contributed by atoms with Crippen molar-refractivity contribution in [3.63, 3.8) is 0 Å². The third-order valence-corrected chi connectivity index (χ3v) is 6.56. The molecule has 0 aliphatic carbocycles. The molecule has 3 aromatic rings. The quantitative estimate of drug-likeness (QED) is 0.653. The highest BCUT2D eigenvalue weighted by Crippen LogP contribution is 2.30. The van der Waals surface area contributed by atoms with Gasteiger partial charge in [-0.3, -0.25) is 4.79 Å². The Kier molecular flexibility index (Phi) is 5.97. The number of para-hydroxylation sites is 1. The van der Waals surface area contributed by atoms with Gasteiger partial charge in [-0.15, -0.1) is 11.3 Å². The number of anilines is 1. The standard InChI is InChI=1S/C22H25N3O3S/c1-27-15-10-11-16(19(13-15)28-2)23-21(26)14-25-12-6-5-8-18(25)22-24-17-7-3-4-9-20(17)29-22/h3-4,7,9-11,13,18H,5-6,8,12,14H2,1-2H3,(H,23,26)/p+1/t18-/m0/s1. The van der Waals surface area contributed by atoms with Crippen LogP contribution in [0.1, 0.15) is 30.3 Å². The van der Waals surface area contributed by atoms with Gasteiger partial charge in [-0.05, 0) is 37.1 Å². The molecule has 152 valence electrons. The smallest absolute Gasteiger partial charge is 0.279 e. The van der Waals surface area contributed by atoms with E-state index >= 15 is 0 Å². The number of hydrogen-bond donors (Lipinski definition) is 2. The molecule has 0 radical (unpaired) electrons. The fraction of sp³-hybridized carbons (Fsp3) is 0.364. The van der Waals surface area contributed by atoms with Crippen molar-refractivity contribution in [2.45, 2.75) is 25.3 Å². The first-order valence-electron chi connectivity index (χ1n) is 9.90. The van der Waals surface area contributed by atoms with Crippen molar-refractivity contribution in [3.05, 3.63) is 47.5 Å². The maximum absolute atomic E-state index is 12.8. The highest BCUT2D eigenvalue weighted by atomic mass is 32.1. The van der Waals surface area contributed by atoms with Crippen LogP contribution in [0, 0.1) is 0 Å². The average molecular weight is 413 g/mol. The highest BCUT2D eigenvalue weighted by Gasteiger charge is 2.32. The van der Waals surface area contributed by atoms with Crippen molar-refractivity contribution in [1.82, 2.24) is 4.98 Å². The summed E-state index contributed by atoms with van der Waals surface area (Å²) in [5, 5.41) is 4.14. The topological polar surface area (TPSA) is 64.9 Å². The number of benzene rings is 2. The number of fused-ring (bicyclic) bond motifs is 1. The molecule has 2 heterocycles. The van der Waals surface area contributed by atoms with Gasteiger partial charge in [0.2, 0.25) is 0 Å². The molecule has 4 rings (SSSR count). The van der Waals surface area contributed by atoms with Crippen LogP contribution in [0.3, 0.4) is 0 Å². The summed E-state index contributed by atoms with van der Waals surface area (Å²) in [5.41, 5.74) is 1.70.